The van der Waals surface area contributed by atoms with Crippen molar-refractivity contribution < 1.29 is 28.3 Å². The van der Waals surface area contributed by atoms with Crippen molar-refractivity contribution >= 4 is 18.0 Å². The number of hydrogen-bond donors (Lipinski definition) is 1. The van der Waals surface area contributed by atoms with Crippen LogP contribution < -0.4 is 5.32 Å². The van der Waals surface area contributed by atoms with Crippen LogP contribution in [-0.4, -0.2) is 53.7 Å². The molecule has 174 valence electrons. The first-order valence-corrected chi connectivity index (χ1v) is 10.7. The molecule has 33 heavy (non-hydrogen) atoms. The Hall–Kier alpha value is -3.73. The lowest BCUT2D eigenvalue weighted by atomic mass is 9.86. The van der Waals surface area contributed by atoms with Crippen LogP contribution in [0.2, 0.25) is 0 Å². The topological polar surface area (TPSA) is 98.1 Å². The molecule has 1 fully saturated rings. The maximum absolute atomic E-state index is 12.8. The number of furan rings is 1. The van der Waals surface area contributed by atoms with Gasteiger partial charge in [-0.1, -0.05) is 24.1 Å². The molecule has 8 heteroatoms. The molecule has 0 spiro atoms. The lowest BCUT2D eigenvalue weighted by Gasteiger charge is -2.49. The van der Waals surface area contributed by atoms with Gasteiger partial charge < -0.3 is 24.1 Å². The summed E-state index contributed by atoms with van der Waals surface area (Å²) in [7, 11) is 0. The highest BCUT2D eigenvalue weighted by atomic mass is 16.6. The predicted molar refractivity (Wildman–Crippen MR) is 120 cm³/mol. The van der Waals surface area contributed by atoms with Crippen molar-refractivity contribution in [2.24, 2.45) is 0 Å². The van der Waals surface area contributed by atoms with Gasteiger partial charge in [-0.2, -0.15) is 0 Å². The van der Waals surface area contributed by atoms with Crippen molar-refractivity contribution in [3.05, 3.63) is 59.5 Å². The summed E-state index contributed by atoms with van der Waals surface area (Å²) in [4.78, 5) is 38.8. The van der Waals surface area contributed by atoms with Crippen molar-refractivity contribution in [2.75, 3.05) is 19.7 Å². The molecular weight excluding hydrogens is 424 g/mol. The molecule has 0 aliphatic carbocycles. The number of nitrogens with one attached hydrogen (secondary N) is 1. The third kappa shape index (κ3) is 6.62. The van der Waals surface area contributed by atoms with Gasteiger partial charge in [-0.05, 0) is 57.9 Å². The fraction of sp³-hybridized carbons (Fsp3) is 0.400. The van der Waals surface area contributed by atoms with Gasteiger partial charge in [-0.25, -0.2) is 4.79 Å². The zero-order valence-corrected chi connectivity index (χ0v) is 19.3. The van der Waals surface area contributed by atoms with Crippen LogP contribution >= 0.6 is 0 Å². The molecular formula is C25H28N2O6. The smallest absolute Gasteiger partial charge is 0.410 e. The van der Waals surface area contributed by atoms with E-state index in [1.54, 1.807) is 33.8 Å². The number of amides is 2. The van der Waals surface area contributed by atoms with Gasteiger partial charge in [0.2, 0.25) is 0 Å². The molecule has 3 rings (SSSR count). The van der Waals surface area contributed by atoms with Crippen molar-refractivity contribution in [3.63, 3.8) is 0 Å². The summed E-state index contributed by atoms with van der Waals surface area (Å²) in [6, 6.07) is 12.5. The van der Waals surface area contributed by atoms with E-state index >= 15 is 0 Å². The monoisotopic (exact) mass is 452 g/mol. The molecule has 1 aliphatic heterocycles. The number of ether oxygens (including phenoxy) is 2. The van der Waals surface area contributed by atoms with E-state index in [-0.39, 0.29) is 31.9 Å². The lowest BCUT2D eigenvalue weighted by Crippen LogP contribution is -2.72. The Labute approximate surface area is 193 Å². The third-order valence-corrected chi connectivity index (χ3v) is 4.74. The van der Waals surface area contributed by atoms with E-state index in [1.807, 2.05) is 30.3 Å². The SMILES string of the molecule is CCOC(=O)CC1(NC(=O)c2ccc(C#Cc3ccccc3)o2)CN(C(=O)OC(C)(C)C)C1. The summed E-state index contributed by atoms with van der Waals surface area (Å²) in [6.07, 6.45) is -0.583. The summed E-state index contributed by atoms with van der Waals surface area (Å²) in [5, 5.41) is 2.84. The van der Waals surface area contributed by atoms with Gasteiger partial charge in [-0.3, -0.25) is 9.59 Å². The third-order valence-electron chi connectivity index (χ3n) is 4.74. The van der Waals surface area contributed by atoms with Crippen molar-refractivity contribution in [1.82, 2.24) is 10.2 Å². The van der Waals surface area contributed by atoms with E-state index in [2.05, 4.69) is 17.2 Å². The molecule has 2 aromatic rings. The zero-order chi connectivity index (χ0) is 24.1. The van der Waals surface area contributed by atoms with E-state index in [4.69, 9.17) is 13.9 Å². The summed E-state index contributed by atoms with van der Waals surface area (Å²) in [6.45, 7) is 7.48. The van der Waals surface area contributed by atoms with Crippen LogP contribution in [0.1, 0.15) is 56.0 Å². The molecule has 1 aromatic carbocycles. The molecule has 1 saturated heterocycles. The molecule has 0 saturated carbocycles. The van der Waals surface area contributed by atoms with Gasteiger partial charge in [0.15, 0.2) is 11.5 Å². The number of carbonyl (C=O) groups excluding carboxylic acids is 3. The average molecular weight is 453 g/mol. The minimum atomic E-state index is -0.969. The molecule has 8 nitrogen and oxygen atoms in total. The normalized spacial score (nSPS) is 14.4. The minimum Gasteiger partial charge on any atom is -0.466 e. The molecule has 1 aromatic heterocycles. The van der Waals surface area contributed by atoms with Crippen LogP contribution in [0.4, 0.5) is 4.79 Å². The van der Waals surface area contributed by atoms with Crippen LogP contribution in [0.5, 0.6) is 0 Å². The summed E-state index contributed by atoms with van der Waals surface area (Å²) in [5.41, 5.74) is -0.793. The summed E-state index contributed by atoms with van der Waals surface area (Å²) >= 11 is 0. The van der Waals surface area contributed by atoms with Crippen LogP contribution in [0.15, 0.2) is 46.9 Å². The minimum absolute atomic E-state index is 0.0614. The maximum Gasteiger partial charge on any atom is 0.410 e. The average Bonchev–Trinajstić information content (AvgIpc) is 3.19. The molecule has 0 radical (unpaired) electrons. The summed E-state index contributed by atoms with van der Waals surface area (Å²) < 4.78 is 16.0. The Morgan fingerprint density at radius 3 is 2.42 bits per heavy atom. The Kier molecular flexibility index (Phi) is 7.12. The largest absolute Gasteiger partial charge is 0.466 e. The zero-order valence-electron chi connectivity index (χ0n) is 19.3. The van der Waals surface area contributed by atoms with E-state index in [0.717, 1.165) is 5.56 Å². The fourth-order valence-corrected chi connectivity index (χ4v) is 3.35. The number of benzene rings is 1. The van der Waals surface area contributed by atoms with Gasteiger partial charge in [0.05, 0.1) is 18.6 Å². The summed E-state index contributed by atoms with van der Waals surface area (Å²) in [5.74, 6) is 5.28. The number of hydrogen-bond acceptors (Lipinski definition) is 6. The second kappa shape index (κ2) is 9.82. The van der Waals surface area contributed by atoms with E-state index in [0.29, 0.717) is 5.76 Å². The Morgan fingerprint density at radius 2 is 1.79 bits per heavy atom. The fourth-order valence-electron chi connectivity index (χ4n) is 3.35. The van der Waals surface area contributed by atoms with Gasteiger partial charge >= 0.3 is 12.1 Å². The Balaban J connectivity index is 1.68. The molecule has 2 heterocycles. The second-order valence-electron chi connectivity index (χ2n) is 8.83. The van der Waals surface area contributed by atoms with Crippen LogP contribution in [0, 0.1) is 11.8 Å². The molecule has 0 atom stereocenters. The van der Waals surface area contributed by atoms with Crippen LogP contribution in [0.3, 0.4) is 0 Å². The molecule has 1 N–H and O–H groups in total. The second-order valence-corrected chi connectivity index (χ2v) is 8.83. The molecule has 2 amide bonds. The molecule has 0 unspecified atom stereocenters. The van der Waals surface area contributed by atoms with Crippen molar-refractivity contribution in [2.45, 2.75) is 45.3 Å². The number of rotatable bonds is 5. The predicted octanol–water partition coefficient (Wildman–Crippen LogP) is 3.35. The maximum atomic E-state index is 12.8. The van der Waals surface area contributed by atoms with Gasteiger partial charge in [0.25, 0.3) is 5.91 Å². The highest BCUT2D eigenvalue weighted by molar-refractivity contribution is 5.93. The first-order chi connectivity index (χ1) is 15.6. The van der Waals surface area contributed by atoms with E-state index in [1.165, 1.54) is 11.0 Å². The Morgan fingerprint density at radius 1 is 1.09 bits per heavy atom. The van der Waals surface area contributed by atoms with Crippen molar-refractivity contribution in [3.8, 4) is 11.8 Å². The molecule has 1 aliphatic rings. The highest BCUT2D eigenvalue weighted by Gasteiger charge is 2.49. The first kappa shape index (κ1) is 23.9. The number of nitrogens with zero attached hydrogens (tertiary/aromatic N) is 1. The van der Waals surface area contributed by atoms with Gasteiger partial charge in [0.1, 0.15) is 5.60 Å². The van der Waals surface area contributed by atoms with E-state index in [9.17, 15) is 14.4 Å². The van der Waals surface area contributed by atoms with Gasteiger partial charge in [0, 0.05) is 18.7 Å². The number of esters is 1. The van der Waals surface area contributed by atoms with Crippen LogP contribution in [-0.2, 0) is 14.3 Å². The lowest BCUT2D eigenvalue weighted by molar-refractivity contribution is -0.146. The van der Waals surface area contributed by atoms with E-state index < -0.39 is 29.1 Å². The highest BCUT2D eigenvalue weighted by Crippen LogP contribution is 2.28. The quantitative estimate of drug-likeness (QED) is 0.552. The number of carbonyl (C=O) groups is 3. The van der Waals surface area contributed by atoms with Crippen LogP contribution in [0.25, 0.3) is 0 Å². The first-order valence-electron chi connectivity index (χ1n) is 10.7. The Bertz CT molecular complexity index is 1070. The van der Waals surface area contributed by atoms with Gasteiger partial charge in [-0.15, -0.1) is 0 Å². The number of likely N-dealkylation sites (tertiary alicyclic amines) is 1. The molecule has 0 bridgehead atoms. The standard InChI is InChI=1S/C25H28N2O6/c1-5-31-21(28)15-25(16-27(17-25)23(30)33-24(2,3)4)26-22(29)20-14-13-19(32-20)12-11-18-9-7-6-8-10-18/h6-10,13-14H,5,15-17H2,1-4H3,(H,26,29). The van der Waals surface area contributed by atoms with Crippen molar-refractivity contribution in [1.29, 1.82) is 0 Å².